The summed E-state index contributed by atoms with van der Waals surface area (Å²) in [5, 5.41) is 13.6. The molecule has 0 saturated heterocycles. The van der Waals surface area contributed by atoms with Crippen molar-refractivity contribution in [3.63, 3.8) is 0 Å². The van der Waals surface area contributed by atoms with Crippen LogP contribution in [0.4, 0.5) is 0 Å². The van der Waals surface area contributed by atoms with Gasteiger partial charge in [-0.05, 0) is 37.0 Å². The van der Waals surface area contributed by atoms with Crippen LogP contribution in [0.15, 0.2) is 16.7 Å². The Kier molecular flexibility index (Phi) is 5.43. The van der Waals surface area contributed by atoms with Crippen LogP contribution in [-0.2, 0) is 4.74 Å². The number of aliphatic hydroxyl groups is 1. The zero-order valence-electron chi connectivity index (χ0n) is 13.3. The van der Waals surface area contributed by atoms with Crippen LogP contribution in [0.2, 0.25) is 10.0 Å². The number of hydrogen-bond donors (Lipinski definition) is 1. The molecule has 0 spiro atoms. The number of nitrogens with zero attached hydrogens (tertiary/aromatic N) is 1. The van der Waals surface area contributed by atoms with Crippen LogP contribution < -0.4 is 0 Å². The summed E-state index contributed by atoms with van der Waals surface area (Å²) in [7, 11) is 0. The standard InChI is InChI=1S/C17H15Cl2NO4S/c1-8-10(4-5-11(18)13(8)19)16(25)12-14(17(22)23-7-6-21)20-24-15(12)9-2-3-9/h4-5,9,21H,2-3,6-7H2,1H3. The zero-order valence-corrected chi connectivity index (χ0v) is 15.7. The lowest BCUT2D eigenvalue weighted by atomic mass is 9.97. The fourth-order valence-electron chi connectivity index (χ4n) is 2.53. The highest BCUT2D eigenvalue weighted by molar-refractivity contribution is 7.81. The molecule has 1 saturated carbocycles. The fraction of sp³-hybridized carbons (Fsp3) is 0.353. The van der Waals surface area contributed by atoms with E-state index in [1.54, 1.807) is 12.1 Å². The number of esters is 1. The van der Waals surface area contributed by atoms with Crippen LogP contribution >= 0.6 is 35.4 Å². The summed E-state index contributed by atoms with van der Waals surface area (Å²) in [6, 6.07) is 3.42. The maximum Gasteiger partial charge on any atom is 0.361 e. The fourth-order valence-corrected chi connectivity index (χ4v) is 3.31. The van der Waals surface area contributed by atoms with Gasteiger partial charge in [-0.2, -0.15) is 0 Å². The number of rotatable bonds is 6. The van der Waals surface area contributed by atoms with Crippen molar-refractivity contribution in [2.75, 3.05) is 13.2 Å². The normalized spacial score (nSPS) is 13.8. The van der Waals surface area contributed by atoms with Crippen LogP contribution in [0.25, 0.3) is 0 Å². The average Bonchev–Trinajstić information content (AvgIpc) is 3.35. The van der Waals surface area contributed by atoms with Crippen molar-refractivity contribution in [1.82, 2.24) is 5.16 Å². The van der Waals surface area contributed by atoms with Gasteiger partial charge in [0.05, 0.1) is 27.1 Å². The molecule has 8 heteroatoms. The van der Waals surface area contributed by atoms with Crippen molar-refractivity contribution < 1.29 is 19.2 Å². The van der Waals surface area contributed by atoms with Crippen molar-refractivity contribution in [1.29, 1.82) is 0 Å². The zero-order chi connectivity index (χ0) is 18.1. The molecule has 1 aliphatic rings. The maximum absolute atomic E-state index is 12.3. The summed E-state index contributed by atoms with van der Waals surface area (Å²) in [5.41, 5.74) is 1.88. The molecule has 0 amide bonds. The van der Waals surface area contributed by atoms with E-state index in [9.17, 15) is 4.79 Å². The molecule has 1 aliphatic carbocycles. The molecule has 1 aromatic heterocycles. The number of aromatic nitrogens is 1. The van der Waals surface area contributed by atoms with Gasteiger partial charge in [0.2, 0.25) is 0 Å². The van der Waals surface area contributed by atoms with E-state index in [2.05, 4.69) is 5.16 Å². The average molecular weight is 400 g/mol. The molecule has 5 nitrogen and oxygen atoms in total. The maximum atomic E-state index is 12.3. The van der Waals surface area contributed by atoms with Crippen molar-refractivity contribution in [2.24, 2.45) is 0 Å². The smallest absolute Gasteiger partial charge is 0.361 e. The SMILES string of the molecule is Cc1c(C(=S)c2c(C(=O)OCCO)noc2C2CC2)ccc(Cl)c1Cl. The van der Waals surface area contributed by atoms with E-state index in [4.69, 9.17) is 49.8 Å². The van der Waals surface area contributed by atoms with Gasteiger partial charge < -0.3 is 14.4 Å². The second-order valence-corrected chi connectivity index (χ2v) is 6.96. The van der Waals surface area contributed by atoms with Gasteiger partial charge in [-0.1, -0.05) is 46.6 Å². The lowest BCUT2D eigenvalue weighted by Gasteiger charge is -2.11. The van der Waals surface area contributed by atoms with E-state index in [1.165, 1.54) is 0 Å². The summed E-state index contributed by atoms with van der Waals surface area (Å²) in [6.45, 7) is 1.41. The van der Waals surface area contributed by atoms with Gasteiger partial charge in [-0.15, -0.1) is 0 Å². The number of carbonyl (C=O) groups is 1. The number of ether oxygens (including phenoxy) is 1. The predicted molar refractivity (Wildman–Crippen MR) is 97.8 cm³/mol. The largest absolute Gasteiger partial charge is 0.458 e. The molecule has 3 rings (SSSR count). The quantitative estimate of drug-likeness (QED) is 0.448. The first-order valence-electron chi connectivity index (χ1n) is 7.72. The van der Waals surface area contributed by atoms with Gasteiger partial charge in [-0.25, -0.2) is 4.79 Å². The molecule has 0 radical (unpaired) electrons. The number of thiocarbonyl (C=S) groups is 1. The lowest BCUT2D eigenvalue weighted by molar-refractivity contribution is 0.0422. The molecule has 1 N–H and O–H groups in total. The van der Waals surface area contributed by atoms with E-state index in [-0.39, 0.29) is 24.8 Å². The molecular formula is C17H15Cl2NO4S. The Hall–Kier alpha value is -1.47. The second kappa shape index (κ2) is 7.41. The van der Waals surface area contributed by atoms with Crippen molar-refractivity contribution in [2.45, 2.75) is 25.7 Å². The molecule has 0 atom stereocenters. The minimum absolute atomic E-state index is 0.0193. The topological polar surface area (TPSA) is 72.6 Å². The highest BCUT2D eigenvalue weighted by atomic mass is 35.5. The number of aliphatic hydroxyl groups excluding tert-OH is 1. The van der Waals surface area contributed by atoms with Gasteiger partial charge in [0.25, 0.3) is 0 Å². The Morgan fingerprint density at radius 1 is 1.44 bits per heavy atom. The molecule has 2 aromatic rings. The van der Waals surface area contributed by atoms with Gasteiger partial charge in [0.15, 0.2) is 5.69 Å². The Balaban J connectivity index is 2.06. The van der Waals surface area contributed by atoms with Crippen LogP contribution in [0.3, 0.4) is 0 Å². The van der Waals surface area contributed by atoms with Gasteiger partial charge in [0, 0.05) is 5.92 Å². The van der Waals surface area contributed by atoms with Crippen LogP contribution in [0.1, 0.15) is 51.7 Å². The third-order valence-electron chi connectivity index (χ3n) is 4.00. The Bertz CT molecular complexity index is 845. The van der Waals surface area contributed by atoms with Crippen LogP contribution in [-0.4, -0.2) is 34.3 Å². The van der Waals surface area contributed by atoms with Gasteiger partial charge in [0.1, 0.15) is 12.4 Å². The van der Waals surface area contributed by atoms with Gasteiger partial charge in [-0.3, -0.25) is 0 Å². The molecule has 1 aromatic carbocycles. The molecule has 0 unspecified atom stereocenters. The van der Waals surface area contributed by atoms with E-state index >= 15 is 0 Å². The predicted octanol–water partition coefficient (Wildman–Crippen LogP) is 4.08. The Morgan fingerprint density at radius 2 is 2.16 bits per heavy atom. The first kappa shape index (κ1) is 18.3. The first-order valence-corrected chi connectivity index (χ1v) is 8.89. The third kappa shape index (κ3) is 3.58. The molecule has 132 valence electrons. The lowest BCUT2D eigenvalue weighted by Crippen LogP contribution is -2.15. The van der Waals surface area contributed by atoms with E-state index in [0.29, 0.717) is 31.8 Å². The molecule has 1 fully saturated rings. The summed E-state index contributed by atoms with van der Waals surface area (Å²) in [6.07, 6.45) is 1.91. The monoisotopic (exact) mass is 399 g/mol. The van der Waals surface area contributed by atoms with Crippen molar-refractivity contribution in [3.05, 3.63) is 50.3 Å². The van der Waals surface area contributed by atoms with Crippen LogP contribution in [0.5, 0.6) is 0 Å². The highest BCUT2D eigenvalue weighted by Gasteiger charge is 2.36. The highest BCUT2D eigenvalue weighted by Crippen LogP contribution is 2.43. The molecule has 1 heterocycles. The molecule has 0 aliphatic heterocycles. The molecule has 0 bridgehead atoms. The summed E-state index contributed by atoms with van der Waals surface area (Å²) in [4.78, 5) is 12.7. The van der Waals surface area contributed by atoms with E-state index in [0.717, 1.165) is 18.4 Å². The minimum atomic E-state index is -0.681. The molecule has 25 heavy (non-hydrogen) atoms. The number of benzene rings is 1. The summed E-state index contributed by atoms with van der Waals surface area (Å²) < 4.78 is 10.4. The summed E-state index contributed by atoms with van der Waals surface area (Å²) >= 11 is 17.9. The number of halogens is 2. The Labute approximate surface area is 159 Å². The first-order chi connectivity index (χ1) is 12.0. The second-order valence-electron chi connectivity index (χ2n) is 5.77. The van der Waals surface area contributed by atoms with E-state index in [1.807, 2.05) is 6.92 Å². The van der Waals surface area contributed by atoms with E-state index < -0.39 is 5.97 Å². The molecular weight excluding hydrogens is 385 g/mol. The van der Waals surface area contributed by atoms with Gasteiger partial charge >= 0.3 is 5.97 Å². The number of carbonyl (C=O) groups excluding carboxylic acids is 1. The van der Waals surface area contributed by atoms with Crippen molar-refractivity contribution >= 4 is 46.3 Å². The van der Waals surface area contributed by atoms with Crippen LogP contribution in [0, 0.1) is 6.92 Å². The minimum Gasteiger partial charge on any atom is -0.458 e. The Morgan fingerprint density at radius 3 is 2.80 bits per heavy atom. The third-order valence-corrected chi connectivity index (χ3v) is 5.32. The summed E-state index contributed by atoms with van der Waals surface area (Å²) in [5.74, 6) is 0.106. The number of hydrogen-bond acceptors (Lipinski definition) is 6. The van der Waals surface area contributed by atoms with Crippen molar-refractivity contribution in [3.8, 4) is 0 Å².